The lowest BCUT2D eigenvalue weighted by atomic mass is 10.1. The van der Waals surface area contributed by atoms with Gasteiger partial charge in [-0.3, -0.25) is 0 Å². The van der Waals surface area contributed by atoms with Gasteiger partial charge in [-0.2, -0.15) is 0 Å². The number of hydrogen-bond acceptors (Lipinski definition) is 3. The van der Waals surface area contributed by atoms with E-state index in [0.717, 1.165) is 11.1 Å². The molecule has 20 heavy (non-hydrogen) atoms. The Morgan fingerprint density at radius 3 is 2.65 bits per heavy atom. The molecule has 0 aliphatic rings. The second kappa shape index (κ2) is 6.73. The molecule has 0 heterocycles. The minimum Gasteiger partial charge on any atom is -0.478 e. The van der Waals surface area contributed by atoms with E-state index in [0.29, 0.717) is 18.8 Å². The van der Waals surface area contributed by atoms with Crippen molar-refractivity contribution in [1.82, 2.24) is 0 Å². The molecule has 0 bridgehead atoms. The van der Waals surface area contributed by atoms with Crippen molar-refractivity contribution in [2.45, 2.75) is 13.2 Å². The summed E-state index contributed by atoms with van der Waals surface area (Å²) in [5.74, 6) is -0.929. The van der Waals surface area contributed by atoms with Crippen molar-refractivity contribution in [2.75, 3.05) is 12.4 Å². The summed E-state index contributed by atoms with van der Waals surface area (Å²) in [5, 5.41) is 12.3. The third kappa shape index (κ3) is 3.59. The van der Waals surface area contributed by atoms with E-state index in [1.807, 2.05) is 30.3 Å². The summed E-state index contributed by atoms with van der Waals surface area (Å²) in [4.78, 5) is 11.1. The van der Waals surface area contributed by atoms with E-state index < -0.39 is 5.97 Å². The van der Waals surface area contributed by atoms with Gasteiger partial charge in [0.05, 0.1) is 12.2 Å². The van der Waals surface area contributed by atoms with Crippen molar-refractivity contribution in [3.8, 4) is 0 Å². The van der Waals surface area contributed by atoms with Gasteiger partial charge in [0, 0.05) is 19.3 Å². The van der Waals surface area contributed by atoms with Gasteiger partial charge < -0.3 is 15.2 Å². The van der Waals surface area contributed by atoms with Crippen LogP contribution in [0.4, 0.5) is 5.69 Å². The molecule has 0 atom stereocenters. The van der Waals surface area contributed by atoms with Gasteiger partial charge in [0.2, 0.25) is 0 Å². The van der Waals surface area contributed by atoms with E-state index in [9.17, 15) is 4.79 Å². The highest BCUT2D eigenvalue weighted by Gasteiger charge is 2.08. The number of carboxylic acid groups (broad SMARTS) is 1. The number of carboxylic acids is 1. The van der Waals surface area contributed by atoms with Gasteiger partial charge in [-0.1, -0.05) is 36.4 Å². The monoisotopic (exact) mass is 271 g/mol. The lowest BCUT2D eigenvalue weighted by Gasteiger charge is -2.10. The minimum atomic E-state index is -0.929. The Balaban J connectivity index is 2.09. The fourth-order valence-electron chi connectivity index (χ4n) is 2.02. The fourth-order valence-corrected chi connectivity index (χ4v) is 2.02. The van der Waals surface area contributed by atoms with Crippen molar-refractivity contribution in [3.05, 3.63) is 65.2 Å². The Kier molecular flexibility index (Phi) is 4.74. The van der Waals surface area contributed by atoms with Crippen LogP contribution in [0.1, 0.15) is 21.5 Å². The van der Waals surface area contributed by atoms with Crippen LogP contribution in [0.25, 0.3) is 0 Å². The number of nitrogens with one attached hydrogen (secondary N) is 1. The van der Waals surface area contributed by atoms with Crippen LogP contribution in [0.2, 0.25) is 0 Å². The molecule has 0 spiro atoms. The molecule has 104 valence electrons. The highest BCUT2D eigenvalue weighted by atomic mass is 16.5. The van der Waals surface area contributed by atoms with Crippen LogP contribution in [0.3, 0.4) is 0 Å². The van der Waals surface area contributed by atoms with Crippen molar-refractivity contribution in [1.29, 1.82) is 0 Å². The van der Waals surface area contributed by atoms with Crippen LogP contribution in [-0.4, -0.2) is 18.2 Å². The van der Waals surface area contributed by atoms with Crippen LogP contribution in [-0.2, 0) is 17.9 Å². The standard InChI is InChI=1S/C16H17NO3/c1-20-11-13-6-4-5-12(9-13)10-17-15-8-3-2-7-14(15)16(18)19/h2-9,17H,10-11H2,1H3,(H,18,19). The van der Waals surface area contributed by atoms with Crippen LogP contribution in [0, 0.1) is 0 Å². The maximum atomic E-state index is 11.1. The number of benzene rings is 2. The summed E-state index contributed by atoms with van der Waals surface area (Å²) < 4.78 is 5.10. The molecule has 2 aromatic carbocycles. The first kappa shape index (κ1) is 14.1. The number of carbonyl (C=O) groups is 1. The molecular weight excluding hydrogens is 254 g/mol. The Hall–Kier alpha value is -2.33. The molecule has 0 aromatic heterocycles. The maximum Gasteiger partial charge on any atom is 0.337 e. The smallest absolute Gasteiger partial charge is 0.337 e. The molecule has 2 aromatic rings. The highest BCUT2D eigenvalue weighted by molar-refractivity contribution is 5.94. The maximum absolute atomic E-state index is 11.1. The van der Waals surface area contributed by atoms with Gasteiger partial charge >= 0.3 is 5.97 Å². The van der Waals surface area contributed by atoms with Gasteiger partial charge in [0.15, 0.2) is 0 Å². The fraction of sp³-hybridized carbons (Fsp3) is 0.188. The Morgan fingerprint density at radius 2 is 1.90 bits per heavy atom. The lowest BCUT2D eigenvalue weighted by molar-refractivity contribution is 0.0698. The van der Waals surface area contributed by atoms with Gasteiger partial charge in [0.25, 0.3) is 0 Å². The molecule has 2 N–H and O–H groups in total. The van der Waals surface area contributed by atoms with Gasteiger partial charge in [-0.05, 0) is 23.3 Å². The number of rotatable bonds is 6. The average Bonchev–Trinajstić information content (AvgIpc) is 2.46. The number of anilines is 1. The number of para-hydroxylation sites is 1. The van der Waals surface area contributed by atoms with E-state index in [1.165, 1.54) is 0 Å². The first-order valence-corrected chi connectivity index (χ1v) is 6.33. The van der Waals surface area contributed by atoms with Crippen LogP contribution < -0.4 is 5.32 Å². The minimum absolute atomic E-state index is 0.278. The molecule has 4 nitrogen and oxygen atoms in total. The van der Waals surface area contributed by atoms with Crippen molar-refractivity contribution in [2.24, 2.45) is 0 Å². The number of aromatic carboxylic acids is 1. The van der Waals surface area contributed by atoms with Gasteiger partial charge in [0.1, 0.15) is 0 Å². The van der Waals surface area contributed by atoms with Crippen molar-refractivity contribution >= 4 is 11.7 Å². The molecule has 0 fully saturated rings. The molecule has 2 rings (SSSR count). The molecule has 0 saturated heterocycles. The van der Waals surface area contributed by atoms with E-state index in [1.54, 1.807) is 25.3 Å². The number of hydrogen-bond donors (Lipinski definition) is 2. The summed E-state index contributed by atoms with van der Waals surface area (Å²) in [6.45, 7) is 1.14. The van der Waals surface area contributed by atoms with E-state index in [4.69, 9.17) is 9.84 Å². The average molecular weight is 271 g/mol. The summed E-state index contributed by atoms with van der Waals surface area (Å²) in [5.41, 5.74) is 3.08. The SMILES string of the molecule is COCc1cccc(CNc2ccccc2C(=O)O)c1. The lowest BCUT2D eigenvalue weighted by Crippen LogP contribution is -2.06. The molecular formula is C16H17NO3. The Bertz CT molecular complexity index is 596. The largest absolute Gasteiger partial charge is 0.478 e. The van der Waals surface area contributed by atoms with E-state index >= 15 is 0 Å². The zero-order chi connectivity index (χ0) is 14.4. The molecule has 0 aliphatic heterocycles. The van der Waals surface area contributed by atoms with Crippen molar-refractivity contribution < 1.29 is 14.6 Å². The van der Waals surface area contributed by atoms with E-state index in [-0.39, 0.29) is 5.56 Å². The summed E-state index contributed by atoms with van der Waals surface area (Å²) in [6.07, 6.45) is 0. The number of methoxy groups -OCH3 is 1. The Morgan fingerprint density at radius 1 is 1.15 bits per heavy atom. The summed E-state index contributed by atoms with van der Waals surface area (Å²) in [6, 6.07) is 14.9. The molecule has 0 saturated carbocycles. The van der Waals surface area contributed by atoms with Gasteiger partial charge in [-0.15, -0.1) is 0 Å². The number of ether oxygens (including phenoxy) is 1. The summed E-state index contributed by atoms with van der Waals surface area (Å²) in [7, 11) is 1.66. The van der Waals surface area contributed by atoms with E-state index in [2.05, 4.69) is 5.32 Å². The van der Waals surface area contributed by atoms with Crippen LogP contribution in [0.5, 0.6) is 0 Å². The molecule has 4 heteroatoms. The third-order valence-corrected chi connectivity index (χ3v) is 2.94. The topological polar surface area (TPSA) is 58.6 Å². The van der Waals surface area contributed by atoms with Crippen molar-refractivity contribution in [3.63, 3.8) is 0 Å². The third-order valence-electron chi connectivity index (χ3n) is 2.94. The second-order valence-corrected chi connectivity index (χ2v) is 4.46. The van der Waals surface area contributed by atoms with Gasteiger partial charge in [-0.25, -0.2) is 4.79 Å². The zero-order valence-corrected chi connectivity index (χ0v) is 11.3. The zero-order valence-electron chi connectivity index (χ0n) is 11.3. The molecule has 0 amide bonds. The first-order chi connectivity index (χ1) is 9.70. The molecule has 0 radical (unpaired) electrons. The molecule has 0 aliphatic carbocycles. The summed E-state index contributed by atoms with van der Waals surface area (Å²) >= 11 is 0. The van der Waals surface area contributed by atoms with Crippen LogP contribution >= 0.6 is 0 Å². The molecule has 0 unspecified atom stereocenters. The second-order valence-electron chi connectivity index (χ2n) is 4.46. The normalized spacial score (nSPS) is 10.2. The predicted octanol–water partition coefficient (Wildman–Crippen LogP) is 3.14. The first-order valence-electron chi connectivity index (χ1n) is 6.33. The van der Waals surface area contributed by atoms with Crippen LogP contribution in [0.15, 0.2) is 48.5 Å². The Labute approximate surface area is 118 Å². The predicted molar refractivity (Wildman–Crippen MR) is 77.9 cm³/mol. The quantitative estimate of drug-likeness (QED) is 0.847. The highest BCUT2D eigenvalue weighted by Crippen LogP contribution is 2.16.